The number of benzene rings is 1. The van der Waals surface area contributed by atoms with Crippen molar-refractivity contribution in [2.45, 2.75) is 12.8 Å². The molecular weight excluding hydrogens is 310 g/mol. The minimum Gasteiger partial charge on any atom is -0.494 e. The molecule has 2 bridgehead atoms. The van der Waals surface area contributed by atoms with Crippen molar-refractivity contribution in [1.29, 1.82) is 0 Å². The van der Waals surface area contributed by atoms with Crippen LogP contribution in [0.3, 0.4) is 0 Å². The number of rotatable bonds is 4. The maximum Gasteiger partial charge on any atom is 0.162 e. The number of hydrogen-bond donors (Lipinski definition) is 0. The van der Waals surface area contributed by atoms with Crippen molar-refractivity contribution in [3.05, 3.63) is 35.9 Å². The maximum absolute atomic E-state index is 13.6. The Morgan fingerprint density at radius 2 is 1.79 bits per heavy atom. The van der Waals surface area contributed by atoms with E-state index in [4.69, 9.17) is 4.74 Å². The van der Waals surface area contributed by atoms with Crippen LogP contribution in [0.25, 0.3) is 0 Å². The Morgan fingerprint density at radius 3 is 2.42 bits per heavy atom. The third-order valence-corrected chi connectivity index (χ3v) is 5.84. The van der Waals surface area contributed by atoms with Crippen LogP contribution in [-0.4, -0.2) is 44.7 Å². The first-order valence-corrected chi connectivity index (χ1v) is 8.82. The van der Waals surface area contributed by atoms with Gasteiger partial charge in [0.1, 0.15) is 5.75 Å². The van der Waals surface area contributed by atoms with E-state index in [9.17, 15) is 8.78 Å². The summed E-state index contributed by atoms with van der Waals surface area (Å²) in [6.45, 7) is 4.71. The van der Waals surface area contributed by atoms with Crippen molar-refractivity contribution in [3.8, 4) is 5.75 Å². The van der Waals surface area contributed by atoms with Gasteiger partial charge in [-0.3, -0.25) is 4.90 Å². The first-order valence-electron chi connectivity index (χ1n) is 8.82. The fraction of sp³-hybridized carbons (Fsp3) is 0.579. The van der Waals surface area contributed by atoms with Crippen LogP contribution in [0.2, 0.25) is 0 Å². The largest absolute Gasteiger partial charge is 0.494 e. The lowest BCUT2D eigenvalue weighted by molar-refractivity contribution is 0.204. The summed E-state index contributed by atoms with van der Waals surface area (Å²) in [5.41, 5.74) is 0.652. The molecule has 0 aromatic heterocycles. The second-order valence-corrected chi connectivity index (χ2v) is 7.27. The van der Waals surface area contributed by atoms with Crippen molar-refractivity contribution in [1.82, 2.24) is 4.90 Å². The predicted molar refractivity (Wildman–Crippen MR) is 90.4 cm³/mol. The highest BCUT2D eigenvalue weighted by molar-refractivity contribution is 5.59. The van der Waals surface area contributed by atoms with Crippen LogP contribution in [0.15, 0.2) is 24.3 Å². The van der Waals surface area contributed by atoms with Gasteiger partial charge in [0.2, 0.25) is 0 Å². The Kier molecular flexibility index (Phi) is 4.21. The van der Waals surface area contributed by atoms with E-state index in [1.54, 1.807) is 0 Å². The van der Waals surface area contributed by atoms with Crippen molar-refractivity contribution >= 4 is 5.69 Å². The molecule has 3 unspecified atom stereocenters. The Hall–Kier alpha value is -1.62. The number of ether oxygens (including phenoxy) is 1. The van der Waals surface area contributed by atoms with Crippen molar-refractivity contribution in [3.63, 3.8) is 0 Å². The summed E-state index contributed by atoms with van der Waals surface area (Å²) in [6, 6.07) is 2.39. The smallest absolute Gasteiger partial charge is 0.162 e. The fourth-order valence-corrected chi connectivity index (χ4v) is 4.54. The summed E-state index contributed by atoms with van der Waals surface area (Å²) >= 11 is 0. The Bertz CT molecular complexity index is 640. The lowest BCUT2D eigenvalue weighted by Gasteiger charge is -2.38. The quantitative estimate of drug-likeness (QED) is 0.786. The van der Waals surface area contributed by atoms with E-state index in [1.165, 1.54) is 26.0 Å². The predicted octanol–water partition coefficient (Wildman–Crippen LogP) is 3.31. The van der Waals surface area contributed by atoms with Crippen LogP contribution < -0.4 is 9.64 Å². The van der Waals surface area contributed by atoms with Crippen LogP contribution in [0.4, 0.5) is 14.5 Å². The highest BCUT2D eigenvalue weighted by Crippen LogP contribution is 2.43. The van der Waals surface area contributed by atoms with Crippen LogP contribution in [-0.2, 0) is 0 Å². The summed E-state index contributed by atoms with van der Waals surface area (Å²) in [4.78, 5) is 4.61. The molecule has 0 amide bonds. The van der Waals surface area contributed by atoms with Gasteiger partial charge in [0.05, 0.1) is 12.8 Å². The number of piperazine rings is 1. The van der Waals surface area contributed by atoms with Gasteiger partial charge < -0.3 is 9.64 Å². The molecular formula is C19H24F2N2O. The van der Waals surface area contributed by atoms with E-state index in [0.29, 0.717) is 11.4 Å². The normalized spacial score (nSPS) is 29.5. The molecule has 1 aromatic carbocycles. The average Bonchev–Trinajstić information content (AvgIpc) is 3.20. The molecule has 0 N–H and O–H groups in total. The van der Waals surface area contributed by atoms with Crippen molar-refractivity contribution < 1.29 is 13.5 Å². The summed E-state index contributed by atoms with van der Waals surface area (Å²) in [5.74, 6) is 1.11. The molecule has 4 rings (SSSR count). The first-order chi connectivity index (χ1) is 11.6. The summed E-state index contributed by atoms with van der Waals surface area (Å²) in [5, 5.41) is 0. The van der Waals surface area contributed by atoms with Gasteiger partial charge in [0.25, 0.3) is 0 Å². The molecule has 3 atom stereocenters. The molecule has 3 aliphatic rings. The Morgan fingerprint density at radius 1 is 1.04 bits per heavy atom. The molecule has 0 radical (unpaired) electrons. The van der Waals surface area contributed by atoms with E-state index < -0.39 is 11.6 Å². The van der Waals surface area contributed by atoms with E-state index >= 15 is 0 Å². The molecule has 130 valence electrons. The SMILES string of the molecule is COc1cc(F)c(F)cc1N1CCN(CC2CC3C=CC2C3)CC1. The Balaban J connectivity index is 1.38. The zero-order chi connectivity index (χ0) is 16.7. The minimum atomic E-state index is -0.862. The molecule has 1 aliphatic heterocycles. The van der Waals surface area contributed by atoms with Gasteiger partial charge in [-0.25, -0.2) is 8.78 Å². The standard InChI is InChI=1S/C19H24F2N2O/c1-24-19-11-17(21)16(20)10-18(19)23-6-4-22(5-7-23)12-15-9-13-2-3-14(15)8-13/h2-3,10-11,13-15H,4-9,12H2,1H3. The molecule has 24 heavy (non-hydrogen) atoms. The highest BCUT2D eigenvalue weighted by atomic mass is 19.2. The number of methoxy groups -OCH3 is 1. The van der Waals surface area contributed by atoms with Gasteiger partial charge in [0, 0.05) is 44.9 Å². The molecule has 0 spiro atoms. The zero-order valence-corrected chi connectivity index (χ0v) is 14.0. The maximum atomic E-state index is 13.6. The summed E-state index contributed by atoms with van der Waals surface area (Å²) in [7, 11) is 1.50. The number of anilines is 1. The number of nitrogens with zero attached hydrogens (tertiary/aromatic N) is 2. The second-order valence-electron chi connectivity index (χ2n) is 7.27. The lowest BCUT2D eigenvalue weighted by Crippen LogP contribution is -2.48. The van der Waals surface area contributed by atoms with E-state index in [0.717, 1.165) is 56.5 Å². The molecule has 3 nitrogen and oxygen atoms in total. The van der Waals surface area contributed by atoms with Crippen LogP contribution in [0.5, 0.6) is 5.75 Å². The van der Waals surface area contributed by atoms with Gasteiger partial charge in [-0.15, -0.1) is 0 Å². The third-order valence-electron chi connectivity index (χ3n) is 5.84. The van der Waals surface area contributed by atoms with Gasteiger partial charge in [-0.2, -0.15) is 0 Å². The minimum absolute atomic E-state index is 0.403. The van der Waals surface area contributed by atoms with E-state index in [2.05, 4.69) is 22.0 Å². The molecule has 5 heteroatoms. The molecule has 1 heterocycles. The molecule has 1 aromatic rings. The van der Waals surface area contributed by atoms with E-state index in [1.807, 2.05) is 0 Å². The molecule has 2 fully saturated rings. The van der Waals surface area contributed by atoms with Crippen LogP contribution >= 0.6 is 0 Å². The monoisotopic (exact) mass is 334 g/mol. The molecule has 1 saturated heterocycles. The van der Waals surface area contributed by atoms with Crippen LogP contribution in [0, 0.1) is 29.4 Å². The van der Waals surface area contributed by atoms with Gasteiger partial charge in [0.15, 0.2) is 11.6 Å². The highest BCUT2D eigenvalue weighted by Gasteiger charge is 2.36. The zero-order valence-electron chi connectivity index (χ0n) is 14.0. The molecule has 1 saturated carbocycles. The number of allylic oxidation sites excluding steroid dienone is 2. The third kappa shape index (κ3) is 2.90. The van der Waals surface area contributed by atoms with Crippen molar-refractivity contribution in [2.24, 2.45) is 17.8 Å². The summed E-state index contributed by atoms with van der Waals surface area (Å²) < 4.78 is 32.2. The number of fused-ring (bicyclic) bond motifs is 2. The van der Waals surface area contributed by atoms with Gasteiger partial charge in [-0.1, -0.05) is 12.2 Å². The second kappa shape index (κ2) is 6.36. The fourth-order valence-electron chi connectivity index (χ4n) is 4.54. The average molecular weight is 334 g/mol. The Labute approximate surface area is 141 Å². The topological polar surface area (TPSA) is 15.7 Å². The van der Waals surface area contributed by atoms with Gasteiger partial charge >= 0.3 is 0 Å². The molecule has 2 aliphatic carbocycles. The van der Waals surface area contributed by atoms with Gasteiger partial charge in [-0.05, 0) is 30.6 Å². The number of halogens is 2. The summed E-state index contributed by atoms with van der Waals surface area (Å²) in [6.07, 6.45) is 7.46. The van der Waals surface area contributed by atoms with Crippen molar-refractivity contribution in [2.75, 3.05) is 44.7 Å². The lowest BCUT2D eigenvalue weighted by atomic mass is 9.93. The number of hydrogen-bond acceptors (Lipinski definition) is 3. The first kappa shape index (κ1) is 15.9. The van der Waals surface area contributed by atoms with Crippen LogP contribution in [0.1, 0.15) is 12.8 Å². The van der Waals surface area contributed by atoms with E-state index in [-0.39, 0.29) is 0 Å².